The minimum Gasteiger partial charge on any atom is -0.480 e. The van der Waals surface area contributed by atoms with Gasteiger partial charge < -0.3 is 20.5 Å². The minimum absolute atomic E-state index is 0.171. The van der Waals surface area contributed by atoms with Gasteiger partial charge in [0.15, 0.2) is 0 Å². The van der Waals surface area contributed by atoms with Gasteiger partial charge in [0, 0.05) is 0 Å². The molecule has 0 radical (unpaired) electrons. The molecule has 114 valence electrons. The zero-order valence-corrected chi connectivity index (χ0v) is 12.2. The molecule has 1 aliphatic heterocycles. The lowest BCUT2D eigenvalue weighted by molar-refractivity contribution is -0.174. The van der Waals surface area contributed by atoms with Gasteiger partial charge in [0.25, 0.3) is 0 Å². The number of hydrogen-bond donors (Lipinski definition) is 2. The molecule has 6 nitrogen and oxygen atoms in total. The van der Waals surface area contributed by atoms with Crippen LogP contribution in [0.1, 0.15) is 24.1 Å². The largest absolute Gasteiger partial charge is 0.480 e. The fourth-order valence-corrected chi connectivity index (χ4v) is 2.36. The van der Waals surface area contributed by atoms with E-state index >= 15 is 0 Å². The van der Waals surface area contributed by atoms with Crippen molar-refractivity contribution in [1.29, 1.82) is 0 Å². The summed E-state index contributed by atoms with van der Waals surface area (Å²) in [4.78, 5) is 24.4. The molecule has 0 aliphatic carbocycles. The average Bonchev–Trinajstić information content (AvgIpc) is 2.41. The van der Waals surface area contributed by atoms with Crippen molar-refractivity contribution in [2.45, 2.75) is 25.5 Å². The van der Waals surface area contributed by atoms with Crippen molar-refractivity contribution in [3.05, 3.63) is 35.4 Å². The van der Waals surface area contributed by atoms with Crippen LogP contribution in [0, 0.1) is 6.92 Å². The van der Waals surface area contributed by atoms with Crippen LogP contribution in [0.25, 0.3) is 0 Å². The predicted octanol–water partition coefficient (Wildman–Crippen LogP) is 0.697. The third kappa shape index (κ3) is 3.59. The Balaban J connectivity index is 1.91. The number of carboxylic acids is 1. The highest BCUT2D eigenvalue weighted by molar-refractivity contribution is 5.84. The number of rotatable bonds is 5. The van der Waals surface area contributed by atoms with E-state index in [-0.39, 0.29) is 12.5 Å². The summed E-state index contributed by atoms with van der Waals surface area (Å²) in [6.45, 7) is 4.12. The molecule has 0 saturated carbocycles. The Labute approximate surface area is 123 Å². The van der Waals surface area contributed by atoms with Gasteiger partial charge in [-0.1, -0.05) is 29.8 Å². The van der Waals surface area contributed by atoms with Gasteiger partial charge in [0.2, 0.25) is 5.91 Å². The lowest BCUT2D eigenvalue weighted by atomic mass is 9.94. The molecule has 6 heteroatoms. The zero-order chi connectivity index (χ0) is 15.6. The first-order chi connectivity index (χ1) is 9.81. The average molecular weight is 292 g/mol. The number of aryl methyl sites for hydroxylation is 1. The van der Waals surface area contributed by atoms with Gasteiger partial charge in [-0.3, -0.25) is 4.79 Å². The topological polar surface area (TPSA) is 92.9 Å². The van der Waals surface area contributed by atoms with E-state index in [1.54, 1.807) is 11.8 Å². The number of amides is 1. The van der Waals surface area contributed by atoms with Gasteiger partial charge in [0.1, 0.15) is 18.2 Å². The summed E-state index contributed by atoms with van der Waals surface area (Å²) in [5, 5.41) is 8.61. The second kappa shape index (κ2) is 5.83. The Hall–Kier alpha value is -1.92. The number of carbonyl (C=O) groups excluding carboxylic acids is 1. The number of aliphatic carboxylic acids is 1. The van der Waals surface area contributed by atoms with E-state index in [0.717, 1.165) is 11.1 Å². The van der Waals surface area contributed by atoms with Crippen molar-refractivity contribution in [3.8, 4) is 0 Å². The second-order valence-electron chi connectivity index (χ2n) is 5.71. The third-order valence-electron chi connectivity index (χ3n) is 3.61. The lowest BCUT2D eigenvalue weighted by Crippen LogP contribution is -2.64. The summed E-state index contributed by atoms with van der Waals surface area (Å²) in [5.74, 6) is -1.19. The molecule has 3 N–H and O–H groups in total. The number of benzene rings is 1. The Morgan fingerprint density at radius 2 is 1.95 bits per heavy atom. The molecule has 2 rings (SSSR count). The second-order valence-corrected chi connectivity index (χ2v) is 5.71. The molecule has 1 aromatic rings. The summed E-state index contributed by atoms with van der Waals surface area (Å²) in [6.07, 6.45) is 0. The molecular formula is C15H20N2O4. The van der Waals surface area contributed by atoms with Crippen molar-refractivity contribution in [2.24, 2.45) is 5.73 Å². The van der Waals surface area contributed by atoms with Crippen LogP contribution in [-0.4, -0.2) is 47.2 Å². The van der Waals surface area contributed by atoms with Crippen molar-refractivity contribution in [1.82, 2.24) is 4.90 Å². The molecule has 21 heavy (non-hydrogen) atoms. The van der Waals surface area contributed by atoms with Crippen molar-refractivity contribution in [3.63, 3.8) is 0 Å². The molecule has 1 aromatic carbocycles. The third-order valence-corrected chi connectivity index (χ3v) is 3.61. The molecular weight excluding hydrogens is 272 g/mol. The Kier molecular flexibility index (Phi) is 4.29. The first-order valence-electron chi connectivity index (χ1n) is 6.77. The summed E-state index contributed by atoms with van der Waals surface area (Å²) < 4.78 is 5.27. The molecule has 1 heterocycles. The van der Waals surface area contributed by atoms with Crippen LogP contribution >= 0.6 is 0 Å². The number of carbonyl (C=O) groups is 2. The summed E-state index contributed by atoms with van der Waals surface area (Å²) in [5.41, 5.74) is 7.26. The standard InChI is InChI=1S/C15H20N2O4/c1-10-3-5-11(6-4-10)13(16)14(20)17-8-15(2,9-17)21-7-12(18)19/h3-6,13H,7-9,16H2,1-2H3,(H,18,19). The first kappa shape index (κ1) is 15.5. The zero-order valence-electron chi connectivity index (χ0n) is 12.2. The van der Waals surface area contributed by atoms with Crippen LogP contribution in [0.15, 0.2) is 24.3 Å². The maximum atomic E-state index is 12.3. The normalized spacial score (nSPS) is 18.0. The lowest BCUT2D eigenvalue weighted by Gasteiger charge is -2.48. The smallest absolute Gasteiger partial charge is 0.329 e. The number of nitrogens with two attached hydrogens (primary N) is 1. The number of likely N-dealkylation sites (tertiary alicyclic amines) is 1. The molecule has 0 spiro atoms. The van der Waals surface area contributed by atoms with E-state index in [0.29, 0.717) is 13.1 Å². The van der Waals surface area contributed by atoms with Crippen LogP contribution in [0.5, 0.6) is 0 Å². The highest BCUT2D eigenvalue weighted by Crippen LogP contribution is 2.27. The van der Waals surface area contributed by atoms with Gasteiger partial charge >= 0.3 is 5.97 Å². The van der Waals surface area contributed by atoms with Gasteiger partial charge in [-0.2, -0.15) is 0 Å². The van der Waals surface area contributed by atoms with E-state index in [4.69, 9.17) is 15.6 Å². The fourth-order valence-electron chi connectivity index (χ4n) is 2.36. The molecule has 1 aliphatic rings. The Morgan fingerprint density at radius 3 is 2.48 bits per heavy atom. The summed E-state index contributed by atoms with van der Waals surface area (Å²) in [6, 6.07) is 6.82. The van der Waals surface area contributed by atoms with E-state index in [2.05, 4.69) is 0 Å². The summed E-state index contributed by atoms with van der Waals surface area (Å²) in [7, 11) is 0. The molecule has 0 aromatic heterocycles. The van der Waals surface area contributed by atoms with Crippen LogP contribution in [-0.2, 0) is 14.3 Å². The minimum atomic E-state index is -1.02. The van der Waals surface area contributed by atoms with Gasteiger partial charge in [-0.05, 0) is 19.4 Å². The molecule has 1 saturated heterocycles. The maximum absolute atomic E-state index is 12.3. The van der Waals surface area contributed by atoms with Crippen molar-refractivity contribution in [2.75, 3.05) is 19.7 Å². The highest BCUT2D eigenvalue weighted by atomic mass is 16.5. The number of carboxylic acid groups (broad SMARTS) is 1. The van der Waals surface area contributed by atoms with Crippen LogP contribution in [0.2, 0.25) is 0 Å². The molecule has 1 unspecified atom stereocenters. The van der Waals surface area contributed by atoms with Crippen LogP contribution < -0.4 is 5.73 Å². The summed E-state index contributed by atoms with van der Waals surface area (Å²) >= 11 is 0. The Morgan fingerprint density at radius 1 is 1.38 bits per heavy atom. The van der Waals surface area contributed by atoms with E-state index in [9.17, 15) is 9.59 Å². The van der Waals surface area contributed by atoms with Crippen molar-refractivity contribution >= 4 is 11.9 Å². The van der Waals surface area contributed by atoms with Gasteiger partial charge in [-0.25, -0.2) is 4.79 Å². The number of ether oxygens (including phenoxy) is 1. The van der Waals surface area contributed by atoms with E-state index in [1.807, 2.05) is 31.2 Å². The first-order valence-corrected chi connectivity index (χ1v) is 6.77. The van der Waals surface area contributed by atoms with Crippen LogP contribution in [0.3, 0.4) is 0 Å². The SMILES string of the molecule is Cc1ccc(C(N)C(=O)N2CC(C)(OCC(=O)O)C2)cc1. The van der Waals surface area contributed by atoms with Crippen molar-refractivity contribution < 1.29 is 19.4 Å². The number of nitrogens with zero attached hydrogens (tertiary/aromatic N) is 1. The quantitative estimate of drug-likeness (QED) is 0.833. The van der Waals surface area contributed by atoms with Gasteiger partial charge in [0.05, 0.1) is 13.1 Å². The van der Waals surface area contributed by atoms with E-state index in [1.165, 1.54) is 0 Å². The monoisotopic (exact) mass is 292 g/mol. The Bertz CT molecular complexity index is 535. The van der Waals surface area contributed by atoms with Gasteiger partial charge in [-0.15, -0.1) is 0 Å². The maximum Gasteiger partial charge on any atom is 0.329 e. The fraction of sp³-hybridized carbons (Fsp3) is 0.467. The number of hydrogen-bond acceptors (Lipinski definition) is 4. The molecule has 0 bridgehead atoms. The molecule has 1 fully saturated rings. The molecule has 1 amide bonds. The van der Waals surface area contributed by atoms with E-state index < -0.39 is 17.6 Å². The molecule has 1 atom stereocenters. The highest BCUT2D eigenvalue weighted by Gasteiger charge is 2.44. The van der Waals surface area contributed by atoms with Crippen LogP contribution in [0.4, 0.5) is 0 Å². The predicted molar refractivity (Wildman–Crippen MR) is 76.7 cm³/mol.